The Labute approximate surface area is 102 Å². The highest BCUT2D eigenvalue weighted by Crippen LogP contribution is 2.26. The van der Waals surface area contributed by atoms with Crippen LogP contribution in [0.3, 0.4) is 0 Å². The summed E-state index contributed by atoms with van der Waals surface area (Å²) in [4.78, 5) is 12.3. The highest BCUT2D eigenvalue weighted by molar-refractivity contribution is 7.20. The van der Waals surface area contributed by atoms with Gasteiger partial charge in [0.2, 0.25) is 0 Å². The van der Waals surface area contributed by atoms with Gasteiger partial charge in [-0.3, -0.25) is 4.79 Å². The maximum Gasteiger partial charge on any atom is 0.261 e. The summed E-state index contributed by atoms with van der Waals surface area (Å²) in [5, 5.41) is 12.3. The number of benzene rings is 1. The lowest BCUT2D eigenvalue weighted by Gasteiger charge is -2.08. The van der Waals surface area contributed by atoms with E-state index in [1.165, 1.54) is 23.5 Å². The molecular formula is C12H12FNO2S. The van der Waals surface area contributed by atoms with E-state index in [1.807, 2.05) is 0 Å². The molecule has 0 aliphatic rings. The second-order valence-corrected chi connectivity index (χ2v) is 4.93. The molecule has 2 rings (SSSR count). The molecule has 0 radical (unpaired) electrons. The lowest BCUT2D eigenvalue weighted by molar-refractivity contribution is 0.0926. The van der Waals surface area contributed by atoms with Crippen molar-refractivity contribution in [2.24, 2.45) is 0 Å². The van der Waals surface area contributed by atoms with E-state index in [9.17, 15) is 9.18 Å². The van der Waals surface area contributed by atoms with Gasteiger partial charge in [0.05, 0.1) is 11.5 Å². The fourth-order valence-electron chi connectivity index (χ4n) is 1.46. The van der Waals surface area contributed by atoms with E-state index in [1.54, 1.807) is 19.1 Å². The predicted molar refractivity (Wildman–Crippen MR) is 65.8 cm³/mol. The number of carbonyl (C=O) groups is 1. The predicted octanol–water partition coefficient (Wildman–Crippen LogP) is 2.15. The standard InChI is InChI=1S/C12H12FNO2S/c1-7(6-15)14-12(16)11-4-8-2-3-9(13)5-10(8)17-11/h2-5,7,15H,6H2,1H3,(H,14,16)/t7-/m0/s1. The van der Waals surface area contributed by atoms with Crippen LogP contribution in [0.5, 0.6) is 0 Å². The first-order valence-corrected chi connectivity index (χ1v) is 6.02. The summed E-state index contributed by atoms with van der Waals surface area (Å²) in [6, 6.07) is 5.86. The van der Waals surface area contributed by atoms with Crippen molar-refractivity contribution in [3.8, 4) is 0 Å². The van der Waals surface area contributed by atoms with Crippen LogP contribution in [0.4, 0.5) is 4.39 Å². The van der Waals surface area contributed by atoms with Gasteiger partial charge < -0.3 is 10.4 Å². The molecule has 0 fully saturated rings. The number of aliphatic hydroxyl groups is 1. The molecule has 0 saturated carbocycles. The van der Waals surface area contributed by atoms with Gasteiger partial charge in [-0.25, -0.2) is 4.39 Å². The van der Waals surface area contributed by atoms with Gasteiger partial charge in [-0.05, 0) is 30.5 Å². The van der Waals surface area contributed by atoms with Crippen LogP contribution in [0, 0.1) is 5.82 Å². The smallest absolute Gasteiger partial charge is 0.261 e. The van der Waals surface area contributed by atoms with Gasteiger partial charge in [-0.2, -0.15) is 0 Å². The van der Waals surface area contributed by atoms with Crippen LogP contribution in [0.2, 0.25) is 0 Å². The molecule has 3 nitrogen and oxygen atoms in total. The van der Waals surface area contributed by atoms with E-state index in [0.717, 1.165) is 10.1 Å². The lowest BCUT2D eigenvalue weighted by atomic mass is 10.2. The topological polar surface area (TPSA) is 49.3 Å². The summed E-state index contributed by atoms with van der Waals surface area (Å²) in [5.41, 5.74) is 0. The summed E-state index contributed by atoms with van der Waals surface area (Å²) in [6.07, 6.45) is 0. The fourth-order valence-corrected chi connectivity index (χ4v) is 2.45. The molecule has 1 heterocycles. The monoisotopic (exact) mass is 253 g/mol. The summed E-state index contributed by atoms with van der Waals surface area (Å²) < 4.78 is 13.7. The molecule has 2 N–H and O–H groups in total. The number of amides is 1. The SMILES string of the molecule is C[C@@H](CO)NC(=O)c1cc2ccc(F)cc2s1. The number of aliphatic hydroxyl groups excluding tert-OH is 1. The third kappa shape index (κ3) is 2.62. The Morgan fingerprint density at radius 3 is 3.00 bits per heavy atom. The van der Waals surface area contributed by atoms with Gasteiger partial charge >= 0.3 is 0 Å². The fraction of sp³-hybridized carbons (Fsp3) is 0.250. The summed E-state index contributed by atoms with van der Waals surface area (Å²) in [5.74, 6) is -0.553. The number of carbonyl (C=O) groups excluding carboxylic acids is 1. The molecule has 1 atom stereocenters. The first-order valence-electron chi connectivity index (χ1n) is 5.21. The number of rotatable bonds is 3. The molecule has 0 saturated heterocycles. The molecule has 0 bridgehead atoms. The van der Waals surface area contributed by atoms with E-state index in [2.05, 4.69) is 5.32 Å². The van der Waals surface area contributed by atoms with Crippen molar-refractivity contribution >= 4 is 27.3 Å². The van der Waals surface area contributed by atoms with Crippen molar-refractivity contribution in [1.82, 2.24) is 5.32 Å². The summed E-state index contributed by atoms with van der Waals surface area (Å²) in [7, 11) is 0. The maximum absolute atomic E-state index is 13.0. The number of halogens is 1. The number of fused-ring (bicyclic) bond motifs is 1. The van der Waals surface area contributed by atoms with E-state index in [-0.39, 0.29) is 24.4 Å². The summed E-state index contributed by atoms with van der Waals surface area (Å²) in [6.45, 7) is 1.61. The minimum atomic E-state index is -0.310. The van der Waals surface area contributed by atoms with E-state index >= 15 is 0 Å². The van der Waals surface area contributed by atoms with E-state index in [0.29, 0.717) is 4.88 Å². The third-order valence-corrected chi connectivity index (χ3v) is 3.45. The summed E-state index contributed by atoms with van der Waals surface area (Å²) >= 11 is 1.24. The Morgan fingerprint density at radius 1 is 1.53 bits per heavy atom. The van der Waals surface area contributed by atoms with Gasteiger partial charge in [0, 0.05) is 10.7 Å². The quantitative estimate of drug-likeness (QED) is 0.880. The molecule has 0 aliphatic carbocycles. The molecule has 2 aromatic rings. The van der Waals surface area contributed by atoms with Gasteiger partial charge in [0.1, 0.15) is 5.82 Å². The number of nitrogens with one attached hydrogen (secondary N) is 1. The molecular weight excluding hydrogens is 241 g/mol. The second-order valence-electron chi connectivity index (χ2n) is 3.85. The van der Waals surface area contributed by atoms with Crippen molar-refractivity contribution in [2.45, 2.75) is 13.0 Å². The zero-order chi connectivity index (χ0) is 12.4. The molecule has 0 spiro atoms. The van der Waals surface area contributed by atoms with Crippen LogP contribution in [0.1, 0.15) is 16.6 Å². The molecule has 1 aromatic heterocycles. The van der Waals surface area contributed by atoms with Gasteiger partial charge in [-0.15, -0.1) is 11.3 Å². The number of hydrogen-bond donors (Lipinski definition) is 2. The average Bonchev–Trinajstić information content (AvgIpc) is 2.71. The van der Waals surface area contributed by atoms with Crippen LogP contribution in [-0.2, 0) is 0 Å². The van der Waals surface area contributed by atoms with Crippen LogP contribution in [-0.4, -0.2) is 23.7 Å². The maximum atomic E-state index is 13.0. The number of thiophene rings is 1. The first-order chi connectivity index (χ1) is 8.10. The zero-order valence-electron chi connectivity index (χ0n) is 9.24. The molecule has 17 heavy (non-hydrogen) atoms. The molecule has 0 unspecified atom stereocenters. The van der Waals surface area contributed by atoms with Crippen LogP contribution in [0.25, 0.3) is 10.1 Å². The van der Waals surface area contributed by atoms with Crippen molar-refractivity contribution in [3.63, 3.8) is 0 Å². The Hall–Kier alpha value is -1.46. The average molecular weight is 253 g/mol. The highest BCUT2D eigenvalue weighted by Gasteiger charge is 2.12. The largest absolute Gasteiger partial charge is 0.394 e. The minimum absolute atomic E-state index is 0.106. The van der Waals surface area contributed by atoms with Crippen LogP contribution >= 0.6 is 11.3 Å². The molecule has 0 aliphatic heterocycles. The normalized spacial score (nSPS) is 12.6. The Morgan fingerprint density at radius 2 is 2.29 bits per heavy atom. The van der Waals surface area contributed by atoms with Crippen molar-refractivity contribution in [1.29, 1.82) is 0 Å². The van der Waals surface area contributed by atoms with Crippen LogP contribution < -0.4 is 5.32 Å². The molecule has 5 heteroatoms. The van der Waals surface area contributed by atoms with Crippen molar-refractivity contribution < 1.29 is 14.3 Å². The molecule has 1 aromatic carbocycles. The molecule has 1 amide bonds. The van der Waals surface area contributed by atoms with Gasteiger partial charge in [-0.1, -0.05) is 6.07 Å². The Bertz CT molecular complexity index is 552. The van der Waals surface area contributed by atoms with Crippen molar-refractivity contribution in [2.75, 3.05) is 6.61 Å². The van der Waals surface area contributed by atoms with Gasteiger partial charge in [0.25, 0.3) is 5.91 Å². The van der Waals surface area contributed by atoms with E-state index in [4.69, 9.17) is 5.11 Å². The lowest BCUT2D eigenvalue weighted by Crippen LogP contribution is -2.34. The number of hydrogen-bond acceptors (Lipinski definition) is 3. The minimum Gasteiger partial charge on any atom is -0.394 e. The van der Waals surface area contributed by atoms with Crippen LogP contribution in [0.15, 0.2) is 24.3 Å². The Kier molecular flexibility index (Phi) is 3.40. The Balaban J connectivity index is 2.27. The zero-order valence-corrected chi connectivity index (χ0v) is 10.1. The second kappa shape index (κ2) is 4.81. The van der Waals surface area contributed by atoms with Gasteiger partial charge in [0.15, 0.2) is 0 Å². The highest BCUT2D eigenvalue weighted by atomic mass is 32.1. The van der Waals surface area contributed by atoms with Crippen molar-refractivity contribution in [3.05, 3.63) is 35.0 Å². The first kappa shape index (κ1) is 12.0. The third-order valence-electron chi connectivity index (χ3n) is 2.36. The molecule has 90 valence electrons. The van der Waals surface area contributed by atoms with E-state index < -0.39 is 0 Å².